The van der Waals surface area contributed by atoms with E-state index < -0.39 is 5.41 Å². The normalized spacial score (nSPS) is 26.8. The number of carbonyl (C=O) groups is 1. The number of amides is 1. The Morgan fingerprint density at radius 2 is 1.89 bits per heavy atom. The third-order valence-corrected chi connectivity index (χ3v) is 5.76. The summed E-state index contributed by atoms with van der Waals surface area (Å²) in [4.78, 5) is 28.8. The van der Waals surface area contributed by atoms with Gasteiger partial charge in [0.25, 0.3) is 11.5 Å². The number of rotatable bonds is 3. The maximum Gasteiger partial charge on any atom is 0.256 e. The molecule has 0 saturated carbocycles. The number of carbonyl (C=O) groups excluding carboxylic acids is 1. The Morgan fingerprint density at radius 3 is 2.54 bits per heavy atom. The quantitative estimate of drug-likeness (QED) is 0.821. The fraction of sp³-hybridized carbons (Fsp3) is 0.381. The molecule has 0 aliphatic carbocycles. The Balaban J connectivity index is 0.00000225. The number of halogens is 1. The zero-order valence-electron chi connectivity index (χ0n) is 15.9. The van der Waals surface area contributed by atoms with Crippen LogP contribution in [0.15, 0.2) is 52.3 Å². The van der Waals surface area contributed by atoms with Crippen LogP contribution >= 0.6 is 12.4 Å². The monoisotopic (exact) mass is 401 g/mol. The number of aliphatic imine (C=N–C) groups is 1. The second-order valence-corrected chi connectivity index (χ2v) is 7.65. The van der Waals surface area contributed by atoms with Gasteiger partial charge in [0, 0.05) is 37.8 Å². The molecule has 7 heteroatoms. The summed E-state index contributed by atoms with van der Waals surface area (Å²) in [7, 11) is 1.75. The number of pyridine rings is 1. The predicted octanol–water partition coefficient (Wildman–Crippen LogP) is 1.83. The number of benzene rings is 1. The fourth-order valence-electron chi connectivity index (χ4n) is 3.99. The number of hydrogen-bond donors (Lipinski definition) is 2. The van der Waals surface area contributed by atoms with Gasteiger partial charge < -0.3 is 15.0 Å². The van der Waals surface area contributed by atoms with Crippen LogP contribution in [0.1, 0.15) is 25.3 Å². The van der Waals surface area contributed by atoms with E-state index in [4.69, 9.17) is 0 Å². The molecule has 2 N–H and O–H groups in total. The van der Waals surface area contributed by atoms with Gasteiger partial charge in [-0.05, 0) is 30.5 Å². The fourth-order valence-corrected chi connectivity index (χ4v) is 3.99. The molecule has 28 heavy (non-hydrogen) atoms. The number of hydrogen-bond acceptors (Lipinski definition) is 4. The molecule has 148 valence electrons. The van der Waals surface area contributed by atoms with E-state index in [1.54, 1.807) is 17.7 Å². The number of aromatic nitrogens is 1. The van der Waals surface area contributed by atoms with Gasteiger partial charge in [0.2, 0.25) is 0 Å². The van der Waals surface area contributed by atoms with Gasteiger partial charge >= 0.3 is 0 Å². The number of nitrogens with one attached hydrogen (secondary N) is 1. The molecular weight excluding hydrogens is 378 g/mol. The van der Waals surface area contributed by atoms with Crippen molar-refractivity contribution in [2.75, 3.05) is 6.54 Å². The first-order chi connectivity index (χ1) is 12.9. The molecule has 1 aromatic heterocycles. The first-order valence-corrected chi connectivity index (χ1v) is 9.19. The molecule has 1 fully saturated rings. The van der Waals surface area contributed by atoms with Gasteiger partial charge in [-0.15, -0.1) is 12.4 Å². The van der Waals surface area contributed by atoms with Crippen molar-refractivity contribution in [3.63, 3.8) is 0 Å². The molecule has 3 heterocycles. The third kappa shape index (κ3) is 3.43. The molecule has 1 aromatic carbocycles. The highest BCUT2D eigenvalue weighted by Gasteiger charge is 2.44. The highest BCUT2D eigenvalue weighted by Crippen LogP contribution is 2.36. The van der Waals surface area contributed by atoms with E-state index in [-0.39, 0.29) is 36.0 Å². The van der Waals surface area contributed by atoms with Crippen LogP contribution in [-0.4, -0.2) is 40.0 Å². The van der Waals surface area contributed by atoms with Crippen LogP contribution in [0.25, 0.3) is 11.3 Å². The second-order valence-electron chi connectivity index (χ2n) is 7.65. The smallest absolute Gasteiger partial charge is 0.256 e. The van der Waals surface area contributed by atoms with Crippen LogP contribution in [0.4, 0.5) is 0 Å². The molecule has 3 atom stereocenters. The maximum atomic E-state index is 12.7. The lowest BCUT2D eigenvalue weighted by molar-refractivity contribution is -0.121. The molecule has 0 spiro atoms. The van der Waals surface area contributed by atoms with Crippen molar-refractivity contribution >= 4 is 24.0 Å². The van der Waals surface area contributed by atoms with Gasteiger partial charge in [-0.3, -0.25) is 9.59 Å². The highest BCUT2D eigenvalue weighted by atomic mass is 35.5. The summed E-state index contributed by atoms with van der Waals surface area (Å²) in [5.41, 5.74) is 2.75. The number of nitrogens with zero attached hydrogens (tertiary/aromatic N) is 2. The summed E-state index contributed by atoms with van der Waals surface area (Å²) in [6.07, 6.45) is 0.777. The van der Waals surface area contributed by atoms with Crippen LogP contribution in [0.5, 0.6) is 0 Å². The average molecular weight is 402 g/mol. The maximum absolute atomic E-state index is 12.7. The Morgan fingerprint density at radius 1 is 1.18 bits per heavy atom. The van der Waals surface area contributed by atoms with E-state index in [0.29, 0.717) is 19.4 Å². The van der Waals surface area contributed by atoms with Crippen molar-refractivity contribution in [1.29, 1.82) is 0 Å². The Labute approximate surface area is 169 Å². The summed E-state index contributed by atoms with van der Waals surface area (Å²) >= 11 is 0. The van der Waals surface area contributed by atoms with E-state index in [0.717, 1.165) is 22.5 Å². The van der Waals surface area contributed by atoms with Crippen molar-refractivity contribution < 1.29 is 9.90 Å². The van der Waals surface area contributed by atoms with Crippen LogP contribution in [0.3, 0.4) is 0 Å². The summed E-state index contributed by atoms with van der Waals surface area (Å²) in [6, 6.07) is 12.9. The first kappa shape index (κ1) is 20.5. The number of β-amino-alcohol motifs (C(OH)–C–C–N with tert-alkyl or cyclic N) is 1. The standard InChI is InChI=1S/C21H23N3O3.ClH/c1-21(11-17(23-20(21)27)16-10-15(25)12-22-16)14-8-6-13(7-9-14)18-4-3-5-19(26)24(18)2;/h3-9,15-16,22,25H,10-12H2,1-2H3;1H/t15-,16?,21?;/m1./s1. The second kappa shape index (κ2) is 7.62. The van der Waals surface area contributed by atoms with Crippen molar-refractivity contribution in [3.05, 3.63) is 58.4 Å². The Hall–Kier alpha value is -2.28. The minimum Gasteiger partial charge on any atom is -0.392 e. The molecule has 6 nitrogen and oxygen atoms in total. The molecule has 4 rings (SSSR count). The lowest BCUT2D eigenvalue weighted by Crippen LogP contribution is -2.33. The molecule has 2 aliphatic rings. The zero-order valence-corrected chi connectivity index (χ0v) is 16.7. The van der Waals surface area contributed by atoms with Crippen LogP contribution < -0.4 is 10.9 Å². The predicted molar refractivity (Wildman–Crippen MR) is 111 cm³/mol. The molecular formula is C21H24ClN3O3. The van der Waals surface area contributed by atoms with Crippen LogP contribution in [0, 0.1) is 0 Å². The largest absolute Gasteiger partial charge is 0.392 e. The van der Waals surface area contributed by atoms with Gasteiger partial charge in [-0.25, -0.2) is 4.99 Å². The molecule has 2 aliphatic heterocycles. The van der Waals surface area contributed by atoms with Gasteiger partial charge in [0.15, 0.2) is 0 Å². The number of aliphatic hydroxyl groups is 1. The van der Waals surface area contributed by atoms with E-state index in [1.165, 1.54) is 6.07 Å². The summed E-state index contributed by atoms with van der Waals surface area (Å²) < 4.78 is 1.61. The van der Waals surface area contributed by atoms with E-state index in [2.05, 4.69) is 10.3 Å². The van der Waals surface area contributed by atoms with E-state index in [1.807, 2.05) is 37.3 Å². The van der Waals surface area contributed by atoms with E-state index in [9.17, 15) is 14.7 Å². The lowest BCUT2D eigenvalue weighted by atomic mass is 9.78. The highest BCUT2D eigenvalue weighted by molar-refractivity contribution is 6.10. The molecule has 1 saturated heterocycles. The molecule has 1 amide bonds. The zero-order chi connectivity index (χ0) is 19.2. The van der Waals surface area contributed by atoms with Gasteiger partial charge in [-0.2, -0.15) is 0 Å². The first-order valence-electron chi connectivity index (χ1n) is 9.19. The third-order valence-electron chi connectivity index (χ3n) is 5.76. The van der Waals surface area contributed by atoms with Crippen molar-refractivity contribution in [2.24, 2.45) is 12.0 Å². The minimum atomic E-state index is -0.689. The van der Waals surface area contributed by atoms with Crippen LogP contribution in [0.2, 0.25) is 0 Å². The van der Waals surface area contributed by atoms with Crippen LogP contribution in [-0.2, 0) is 17.3 Å². The summed E-state index contributed by atoms with van der Waals surface area (Å²) in [5, 5.41) is 13.0. The molecule has 2 unspecified atom stereocenters. The Kier molecular flexibility index (Phi) is 5.57. The molecule has 0 bridgehead atoms. The molecule has 2 aromatic rings. The summed E-state index contributed by atoms with van der Waals surface area (Å²) in [6.45, 7) is 2.46. The molecule has 0 radical (unpaired) electrons. The topological polar surface area (TPSA) is 83.7 Å². The van der Waals surface area contributed by atoms with Gasteiger partial charge in [0.05, 0.1) is 17.2 Å². The van der Waals surface area contributed by atoms with Crippen molar-refractivity contribution in [2.45, 2.75) is 37.3 Å². The summed E-state index contributed by atoms with van der Waals surface area (Å²) in [5.74, 6) is -0.138. The SMILES string of the molecule is Cl.Cn1c(-c2ccc(C3(C)CC(C4C[C@@H](O)CN4)=NC3=O)cc2)cccc1=O. The average Bonchev–Trinajstić information content (AvgIpc) is 3.22. The number of aliphatic hydroxyl groups excluding tert-OH is 1. The van der Waals surface area contributed by atoms with Crippen molar-refractivity contribution in [1.82, 2.24) is 9.88 Å². The lowest BCUT2D eigenvalue weighted by Gasteiger charge is -2.23. The van der Waals surface area contributed by atoms with Gasteiger partial charge in [0.1, 0.15) is 0 Å². The van der Waals surface area contributed by atoms with Gasteiger partial charge in [-0.1, -0.05) is 30.3 Å². The Bertz CT molecular complexity index is 983. The van der Waals surface area contributed by atoms with Crippen molar-refractivity contribution in [3.8, 4) is 11.3 Å². The van der Waals surface area contributed by atoms with E-state index >= 15 is 0 Å². The minimum absolute atomic E-state index is 0.